The van der Waals surface area contributed by atoms with Crippen LogP contribution in [0.15, 0.2) is 12.4 Å². The average Bonchev–Trinajstić information content (AvgIpc) is 2.11. The standard InChI is InChI=1S/C8H6ClFN2O2/c9-6-5(11)3-4(1-2-10)12-7(6)8(13)14/h1-3H,(H2,11,12)(H,13,14). The molecule has 0 spiro atoms. The summed E-state index contributed by atoms with van der Waals surface area (Å²) in [5, 5.41) is 8.52. The number of aromatic carboxylic acids is 1. The SMILES string of the molecule is Nc1cc(C=CF)nc(C(=O)O)c1Cl. The third-order valence-corrected chi connectivity index (χ3v) is 1.84. The van der Waals surface area contributed by atoms with Crippen molar-refractivity contribution in [3.63, 3.8) is 0 Å². The van der Waals surface area contributed by atoms with E-state index in [9.17, 15) is 9.18 Å². The second-order valence-corrected chi connectivity index (χ2v) is 2.77. The lowest BCUT2D eigenvalue weighted by atomic mass is 10.2. The molecule has 1 aromatic heterocycles. The highest BCUT2D eigenvalue weighted by molar-refractivity contribution is 6.35. The van der Waals surface area contributed by atoms with Crippen LogP contribution in [0.4, 0.5) is 10.1 Å². The number of anilines is 1. The summed E-state index contributed by atoms with van der Waals surface area (Å²) in [5.74, 6) is -1.31. The number of rotatable bonds is 2. The molecule has 1 rings (SSSR count). The molecule has 0 unspecified atom stereocenters. The number of halogens is 2. The number of nitrogen functional groups attached to an aromatic ring is 1. The Labute approximate surface area is 83.8 Å². The van der Waals surface area contributed by atoms with E-state index in [1.54, 1.807) is 0 Å². The quantitative estimate of drug-likeness (QED) is 0.792. The van der Waals surface area contributed by atoms with Gasteiger partial charge in [-0.2, -0.15) is 0 Å². The molecule has 3 N–H and O–H groups in total. The summed E-state index contributed by atoms with van der Waals surface area (Å²) in [5.41, 5.74) is 5.16. The summed E-state index contributed by atoms with van der Waals surface area (Å²) in [4.78, 5) is 14.2. The van der Waals surface area contributed by atoms with Gasteiger partial charge in [0, 0.05) is 0 Å². The van der Waals surface area contributed by atoms with E-state index in [0.29, 0.717) is 0 Å². The van der Waals surface area contributed by atoms with Crippen molar-refractivity contribution in [1.82, 2.24) is 4.98 Å². The van der Waals surface area contributed by atoms with Gasteiger partial charge >= 0.3 is 5.97 Å². The molecule has 1 aromatic rings. The smallest absolute Gasteiger partial charge is 0.356 e. The van der Waals surface area contributed by atoms with Gasteiger partial charge in [0.05, 0.1) is 22.7 Å². The molecule has 74 valence electrons. The van der Waals surface area contributed by atoms with E-state index in [1.165, 1.54) is 6.07 Å². The highest BCUT2D eigenvalue weighted by Gasteiger charge is 2.14. The number of hydrogen-bond acceptors (Lipinski definition) is 3. The van der Waals surface area contributed by atoms with Crippen LogP contribution >= 0.6 is 11.6 Å². The van der Waals surface area contributed by atoms with E-state index in [2.05, 4.69) is 4.98 Å². The van der Waals surface area contributed by atoms with E-state index in [-0.39, 0.29) is 28.4 Å². The lowest BCUT2D eigenvalue weighted by Crippen LogP contribution is -2.05. The number of hydrogen-bond donors (Lipinski definition) is 2. The first-order chi connectivity index (χ1) is 6.56. The van der Waals surface area contributed by atoms with Crippen molar-refractivity contribution in [2.45, 2.75) is 0 Å². The Balaban J connectivity index is 3.35. The van der Waals surface area contributed by atoms with Crippen molar-refractivity contribution in [3.05, 3.63) is 28.8 Å². The number of nitrogens with zero attached hydrogens (tertiary/aromatic N) is 1. The summed E-state index contributed by atoms with van der Waals surface area (Å²) in [6.07, 6.45) is 1.22. The van der Waals surface area contributed by atoms with E-state index < -0.39 is 5.97 Å². The van der Waals surface area contributed by atoms with E-state index in [4.69, 9.17) is 22.4 Å². The lowest BCUT2D eigenvalue weighted by Gasteiger charge is -2.03. The maximum atomic E-state index is 11.8. The Morgan fingerprint density at radius 3 is 2.86 bits per heavy atom. The molecule has 14 heavy (non-hydrogen) atoms. The van der Waals surface area contributed by atoms with E-state index in [0.717, 1.165) is 6.08 Å². The van der Waals surface area contributed by atoms with Crippen molar-refractivity contribution in [3.8, 4) is 0 Å². The molecule has 0 atom stereocenters. The Kier molecular flexibility index (Phi) is 3.03. The predicted octanol–water partition coefficient (Wildman–Crippen LogP) is 1.96. The third kappa shape index (κ3) is 2.00. The summed E-state index contributed by atoms with van der Waals surface area (Å²) >= 11 is 5.57. The molecule has 0 saturated heterocycles. The Hall–Kier alpha value is -1.62. The van der Waals surface area contributed by atoms with Gasteiger partial charge in [0.15, 0.2) is 5.69 Å². The van der Waals surface area contributed by atoms with Crippen LogP contribution in [-0.2, 0) is 0 Å². The van der Waals surface area contributed by atoms with Gasteiger partial charge in [0.25, 0.3) is 0 Å². The van der Waals surface area contributed by atoms with Crippen molar-refractivity contribution in [2.24, 2.45) is 0 Å². The Morgan fingerprint density at radius 2 is 2.36 bits per heavy atom. The molecule has 1 heterocycles. The van der Waals surface area contributed by atoms with Crippen molar-refractivity contribution in [2.75, 3.05) is 5.73 Å². The van der Waals surface area contributed by atoms with Gasteiger partial charge in [-0.25, -0.2) is 14.2 Å². The normalized spacial score (nSPS) is 10.7. The van der Waals surface area contributed by atoms with Crippen LogP contribution in [0.1, 0.15) is 16.2 Å². The van der Waals surface area contributed by atoms with Gasteiger partial charge in [-0.15, -0.1) is 0 Å². The van der Waals surface area contributed by atoms with Gasteiger partial charge in [0.1, 0.15) is 0 Å². The number of aromatic nitrogens is 1. The van der Waals surface area contributed by atoms with E-state index in [1.807, 2.05) is 0 Å². The topological polar surface area (TPSA) is 76.2 Å². The zero-order valence-corrected chi connectivity index (χ0v) is 7.62. The van der Waals surface area contributed by atoms with Crippen molar-refractivity contribution < 1.29 is 14.3 Å². The van der Waals surface area contributed by atoms with Gasteiger partial charge in [-0.05, 0) is 12.1 Å². The van der Waals surface area contributed by atoms with Crippen LogP contribution in [0, 0.1) is 0 Å². The maximum absolute atomic E-state index is 11.8. The minimum Gasteiger partial charge on any atom is -0.476 e. The molecule has 0 aliphatic carbocycles. The van der Waals surface area contributed by atoms with Crippen LogP contribution in [-0.4, -0.2) is 16.1 Å². The monoisotopic (exact) mass is 216 g/mol. The van der Waals surface area contributed by atoms with Gasteiger partial charge in [-0.1, -0.05) is 11.6 Å². The average molecular weight is 217 g/mol. The largest absolute Gasteiger partial charge is 0.476 e. The zero-order valence-electron chi connectivity index (χ0n) is 6.87. The molecular weight excluding hydrogens is 211 g/mol. The summed E-state index contributed by atoms with van der Waals surface area (Å²) in [6.45, 7) is 0. The third-order valence-electron chi connectivity index (χ3n) is 1.44. The highest BCUT2D eigenvalue weighted by Crippen LogP contribution is 2.23. The second-order valence-electron chi connectivity index (χ2n) is 2.40. The number of nitrogens with two attached hydrogens (primary N) is 1. The second kappa shape index (κ2) is 4.06. The zero-order chi connectivity index (χ0) is 10.7. The van der Waals surface area contributed by atoms with Gasteiger partial charge in [0.2, 0.25) is 0 Å². The van der Waals surface area contributed by atoms with Crippen LogP contribution in [0.25, 0.3) is 6.08 Å². The van der Waals surface area contributed by atoms with Crippen molar-refractivity contribution in [1.29, 1.82) is 0 Å². The number of pyridine rings is 1. The fourth-order valence-corrected chi connectivity index (χ4v) is 1.04. The van der Waals surface area contributed by atoms with Crippen molar-refractivity contribution >= 4 is 29.3 Å². The lowest BCUT2D eigenvalue weighted by molar-refractivity contribution is 0.0690. The Bertz CT molecular complexity index is 407. The molecule has 0 radical (unpaired) electrons. The minimum absolute atomic E-state index is 0.0483. The molecule has 0 bridgehead atoms. The molecule has 0 aliphatic heterocycles. The molecular formula is C8H6ClFN2O2. The highest BCUT2D eigenvalue weighted by atomic mass is 35.5. The van der Waals surface area contributed by atoms with Crippen LogP contribution in [0.3, 0.4) is 0 Å². The van der Waals surface area contributed by atoms with Crippen LogP contribution < -0.4 is 5.73 Å². The molecule has 4 nitrogen and oxygen atoms in total. The van der Waals surface area contributed by atoms with E-state index >= 15 is 0 Å². The predicted molar refractivity (Wildman–Crippen MR) is 50.8 cm³/mol. The number of carboxylic acids is 1. The number of carbonyl (C=O) groups is 1. The molecule has 0 saturated carbocycles. The Morgan fingerprint density at radius 1 is 1.71 bits per heavy atom. The number of carboxylic acid groups (broad SMARTS) is 1. The molecule has 0 amide bonds. The summed E-state index contributed by atoms with van der Waals surface area (Å²) in [6, 6.07) is 1.28. The molecule has 6 heteroatoms. The maximum Gasteiger partial charge on any atom is 0.356 e. The fraction of sp³-hybridized carbons (Fsp3) is 0. The first-order valence-electron chi connectivity index (χ1n) is 3.52. The first kappa shape index (κ1) is 10.5. The summed E-state index contributed by atoms with van der Waals surface area (Å²) in [7, 11) is 0. The molecule has 0 fully saturated rings. The molecule has 0 aliphatic rings. The molecule has 0 aromatic carbocycles. The van der Waals surface area contributed by atoms with Crippen LogP contribution in [0.5, 0.6) is 0 Å². The van der Waals surface area contributed by atoms with Gasteiger partial charge < -0.3 is 10.8 Å². The first-order valence-corrected chi connectivity index (χ1v) is 3.90. The fourth-order valence-electron chi connectivity index (χ4n) is 0.861. The summed E-state index contributed by atoms with van der Waals surface area (Å²) < 4.78 is 11.8. The van der Waals surface area contributed by atoms with Crippen LogP contribution in [0.2, 0.25) is 5.02 Å². The minimum atomic E-state index is -1.31. The van der Waals surface area contributed by atoms with Gasteiger partial charge in [-0.3, -0.25) is 0 Å².